The predicted molar refractivity (Wildman–Crippen MR) is 122 cm³/mol. The molecule has 30 heavy (non-hydrogen) atoms. The van der Waals surface area contributed by atoms with E-state index < -0.39 is 5.60 Å². The number of rotatable bonds is 7. The first kappa shape index (κ1) is 21.2. The first-order valence-corrected chi connectivity index (χ1v) is 11.3. The summed E-state index contributed by atoms with van der Waals surface area (Å²) >= 11 is 1.72. The number of aryl methyl sites for hydroxylation is 2. The third-order valence-corrected chi connectivity index (χ3v) is 6.94. The molecule has 0 spiro atoms. The Kier molecular flexibility index (Phi) is 6.34. The maximum absolute atomic E-state index is 10.9. The molecule has 3 aromatic rings. The largest absolute Gasteiger partial charge is 0.385 e. The van der Waals surface area contributed by atoms with Gasteiger partial charge in [0.25, 0.3) is 0 Å². The van der Waals surface area contributed by atoms with Crippen LogP contribution in [0.1, 0.15) is 35.2 Å². The van der Waals surface area contributed by atoms with Crippen molar-refractivity contribution in [3.05, 3.63) is 52.2 Å². The number of aliphatic hydroxyl groups is 1. The second-order valence-electron chi connectivity index (χ2n) is 8.16. The van der Waals surface area contributed by atoms with E-state index in [1.165, 1.54) is 10.4 Å². The van der Waals surface area contributed by atoms with E-state index >= 15 is 0 Å². The Morgan fingerprint density at radius 2 is 1.90 bits per heavy atom. The van der Waals surface area contributed by atoms with Gasteiger partial charge in [0.1, 0.15) is 16.5 Å². The van der Waals surface area contributed by atoms with Crippen LogP contribution in [0.2, 0.25) is 0 Å². The number of aromatic nitrogens is 2. The number of ether oxygens (including phenoxy) is 1. The molecule has 1 aliphatic heterocycles. The van der Waals surface area contributed by atoms with Crippen LogP contribution in [0.5, 0.6) is 0 Å². The number of benzene rings is 1. The van der Waals surface area contributed by atoms with E-state index in [0.29, 0.717) is 13.0 Å². The standard InChI is InChI=1S/C23H30N4O2S/c1-16-17(2)30-22-20(16)21(25-19(26-22)15-27-11-13-29-14-12-27)24-10-9-23(3,28)18-7-5-4-6-8-18/h4-8,28H,9-15H2,1-3H3,(H,24,25,26). The Labute approximate surface area is 181 Å². The maximum Gasteiger partial charge on any atom is 0.146 e. The highest BCUT2D eigenvalue weighted by atomic mass is 32.1. The van der Waals surface area contributed by atoms with Gasteiger partial charge in [0.15, 0.2) is 0 Å². The van der Waals surface area contributed by atoms with Crippen LogP contribution in [-0.4, -0.2) is 52.8 Å². The predicted octanol–water partition coefficient (Wildman–Crippen LogP) is 3.85. The summed E-state index contributed by atoms with van der Waals surface area (Å²) in [4.78, 5) is 14.4. The average Bonchev–Trinajstić information content (AvgIpc) is 3.03. The molecular weight excluding hydrogens is 396 g/mol. The fraction of sp³-hybridized carbons (Fsp3) is 0.478. The normalized spacial score (nSPS) is 17.2. The van der Waals surface area contributed by atoms with Gasteiger partial charge in [0.05, 0.1) is 30.7 Å². The van der Waals surface area contributed by atoms with Gasteiger partial charge in [-0.2, -0.15) is 0 Å². The van der Waals surface area contributed by atoms with Gasteiger partial charge in [-0.3, -0.25) is 4.90 Å². The van der Waals surface area contributed by atoms with Crippen molar-refractivity contribution in [2.75, 3.05) is 38.2 Å². The molecule has 0 radical (unpaired) electrons. The van der Waals surface area contributed by atoms with Gasteiger partial charge in [-0.1, -0.05) is 30.3 Å². The Morgan fingerprint density at radius 1 is 1.17 bits per heavy atom. The van der Waals surface area contributed by atoms with Crippen molar-refractivity contribution in [2.45, 2.75) is 39.3 Å². The fourth-order valence-corrected chi connectivity index (χ4v) is 4.87. The molecule has 2 aromatic heterocycles. The van der Waals surface area contributed by atoms with Crippen LogP contribution in [0.4, 0.5) is 5.82 Å². The Bertz CT molecular complexity index is 997. The van der Waals surface area contributed by atoms with Crippen LogP contribution in [0, 0.1) is 13.8 Å². The van der Waals surface area contributed by atoms with Crippen molar-refractivity contribution in [1.29, 1.82) is 0 Å². The minimum absolute atomic E-state index is 0.587. The molecule has 1 aromatic carbocycles. The number of nitrogens with one attached hydrogen (secondary N) is 1. The maximum atomic E-state index is 10.9. The lowest BCUT2D eigenvalue weighted by atomic mass is 9.93. The molecule has 2 N–H and O–H groups in total. The van der Waals surface area contributed by atoms with Crippen LogP contribution in [-0.2, 0) is 16.9 Å². The molecule has 1 fully saturated rings. The second kappa shape index (κ2) is 8.98. The fourth-order valence-electron chi connectivity index (χ4n) is 3.82. The first-order valence-electron chi connectivity index (χ1n) is 10.5. The molecular formula is C23H30N4O2S. The van der Waals surface area contributed by atoms with Crippen LogP contribution in [0.25, 0.3) is 10.2 Å². The van der Waals surface area contributed by atoms with Gasteiger partial charge in [0.2, 0.25) is 0 Å². The minimum Gasteiger partial charge on any atom is -0.385 e. The molecule has 1 aliphatic rings. The summed E-state index contributed by atoms with van der Waals surface area (Å²) in [5, 5.41) is 15.5. The number of fused-ring (bicyclic) bond motifs is 1. The second-order valence-corrected chi connectivity index (χ2v) is 9.36. The third kappa shape index (κ3) is 4.64. The molecule has 0 aliphatic carbocycles. The number of anilines is 1. The van der Waals surface area contributed by atoms with Gasteiger partial charge in [-0.15, -0.1) is 11.3 Å². The van der Waals surface area contributed by atoms with Gasteiger partial charge >= 0.3 is 0 Å². The summed E-state index contributed by atoms with van der Waals surface area (Å²) in [5.74, 6) is 1.71. The van der Waals surface area contributed by atoms with Crippen LogP contribution >= 0.6 is 11.3 Å². The zero-order valence-electron chi connectivity index (χ0n) is 17.9. The van der Waals surface area contributed by atoms with E-state index in [4.69, 9.17) is 14.7 Å². The van der Waals surface area contributed by atoms with Crippen molar-refractivity contribution in [2.24, 2.45) is 0 Å². The Hall–Kier alpha value is -2.06. The minimum atomic E-state index is -0.892. The quantitative estimate of drug-likeness (QED) is 0.598. The number of morpholine rings is 1. The van der Waals surface area contributed by atoms with Crippen LogP contribution in [0.3, 0.4) is 0 Å². The van der Waals surface area contributed by atoms with Crippen molar-refractivity contribution in [3.8, 4) is 0 Å². The lowest BCUT2D eigenvalue weighted by molar-refractivity contribution is 0.0331. The topological polar surface area (TPSA) is 70.5 Å². The van der Waals surface area contributed by atoms with Crippen molar-refractivity contribution in [3.63, 3.8) is 0 Å². The Morgan fingerprint density at radius 3 is 2.63 bits per heavy atom. The van der Waals surface area contributed by atoms with E-state index in [9.17, 15) is 5.11 Å². The first-order chi connectivity index (χ1) is 14.4. The number of thiophene rings is 1. The zero-order valence-corrected chi connectivity index (χ0v) is 18.8. The van der Waals surface area contributed by atoms with E-state index in [0.717, 1.165) is 60.3 Å². The molecule has 7 heteroatoms. The number of nitrogens with zero attached hydrogens (tertiary/aromatic N) is 3. The lowest BCUT2D eigenvalue weighted by Crippen LogP contribution is -2.36. The number of hydrogen-bond acceptors (Lipinski definition) is 7. The molecule has 6 nitrogen and oxygen atoms in total. The molecule has 0 saturated carbocycles. The summed E-state index contributed by atoms with van der Waals surface area (Å²) in [7, 11) is 0. The van der Waals surface area contributed by atoms with Gasteiger partial charge < -0.3 is 15.2 Å². The molecule has 0 bridgehead atoms. The van der Waals surface area contributed by atoms with Crippen molar-refractivity contribution in [1.82, 2.24) is 14.9 Å². The van der Waals surface area contributed by atoms with E-state index in [-0.39, 0.29) is 0 Å². The van der Waals surface area contributed by atoms with E-state index in [1.807, 2.05) is 37.3 Å². The molecule has 3 heterocycles. The Balaban J connectivity index is 1.54. The summed E-state index contributed by atoms with van der Waals surface area (Å²) in [6, 6.07) is 9.82. The molecule has 1 unspecified atom stereocenters. The zero-order chi connectivity index (χ0) is 21.1. The monoisotopic (exact) mass is 426 g/mol. The third-order valence-electron chi connectivity index (χ3n) is 5.84. The molecule has 1 atom stereocenters. The van der Waals surface area contributed by atoms with E-state index in [1.54, 1.807) is 11.3 Å². The van der Waals surface area contributed by atoms with E-state index in [2.05, 4.69) is 24.1 Å². The molecule has 1 saturated heterocycles. The summed E-state index contributed by atoms with van der Waals surface area (Å²) < 4.78 is 5.46. The highest BCUT2D eigenvalue weighted by Gasteiger charge is 2.23. The molecule has 4 rings (SSSR count). The molecule has 0 amide bonds. The van der Waals surface area contributed by atoms with Crippen LogP contribution < -0.4 is 5.32 Å². The SMILES string of the molecule is Cc1sc2nc(CN3CCOCC3)nc(NCCC(C)(O)c3ccccc3)c2c1C. The van der Waals surface area contributed by atoms with Gasteiger partial charge in [0, 0.05) is 24.5 Å². The highest BCUT2D eigenvalue weighted by Crippen LogP contribution is 2.34. The van der Waals surface area contributed by atoms with Gasteiger partial charge in [-0.25, -0.2) is 9.97 Å². The van der Waals surface area contributed by atoms with Crippen molar-refractivity contribution >= 4 is 27.4 Å². The molecule has 160 valence electrons. The summed E-state index contributed by atoms with van der Waals surface area (Å²) in [5.41, 5.74) is 1.26. The highest BCUT2D eigenvalue weighted by molar-refractivity contribution is 7.18. The smallest absolute Gasteiger partial charge is 0.146 e. The lowest BCUT2D eigenvalue weighted by Gasteiger charge is -2.26. The average molecular weight is 427 g/mol. The van der Waals surface area contributed by atoms with Gasteiger partial charge in [-0.05, 0) is 38.3 Å². The van der Waals surface area contributed by atoms with Crippen molar-refractivity contribution < 1.29 is 9.84 Å². The summed E-state index contributed by atoms with van der Waals surface area (Å²) in [6.07, 6.45) is 0.587. The van der Waals surface area contributed by atoms with Crippen LogP contribution in [0.15, 0.2) is 30.3 Å². The number of hydrogen-bond donors (Lipinski definition) is 2. The summed E-state index contributed by atoms with van der Waals surface area (Å²) in [6.45, 7) is 10.8.